The van der Waals surface area contributed by atoms with E-state index >= 15 is 0 Å². The number of rotatable bonds is 2. The molecule has 114 valence electrons. The number of aliphatic hydroxyl groups excluding tert-OH is 1. The zero-order valence-corrected chi connectivity index (χ0v) is 11.7. The number of likely N-dealkylation sites (tertiary alicyclic amines) is 1. The Kier molecular flexibility index (Phi) is 4.82. The summed E-state index contributed by atoms with van der Waals surface area (Å²) in [6.07, 6.45) is 0.858. The number of aliphatic carboxylic acids is 1. The fourth-order valence-electron chi connectivity index (χ4n) is 2.85. The monoisotopic (exact) mass is 286 g/mol. The van der Waals surface area contributed by atoms with Crippen molar-refractivity contribution in [1.82, 2.24) is 9.80 Å². The number of nitrogens with zero attached hydrogens (tertiary/aromatic N) is 2. The van der Waals surface area contributed by atoms with Gasteiger partial charge in [0.2, 0.25) is 0 Å². The largest absolute Gasteiger partial charge is 0.481 e. The summed E-state index contributed by atoms with van der Waals surface area (Å²) in [5.74, 6) is -1.31. The lowest BCUT2D eigenvalue weighted by atomic mass is 9.98. The van der Waals surface area contributed by atoms with E-state index in [1.807, 2.05) is 6.92 Å². The third-order valence-corrected chi connectivity index (χ3v) is 3.84. The molecule has 3 unspecified atom stereocenters. The number of carbonyl (C=O) groups is 2. The smallest absolute Gasteiger partial charge is 0.320 e. The van der Waals surface area contributed by atoms with Crippen molar-refractivity contribution in [3.63, 3.8) is 0 Å². The van der Waals surface area contributed by atoms with Gasteiger partial charge in [0.1, 0.15) is 0 Å². The van der Waals surface area contributed by atoms with Crippen molar-refractivity contribution >= 4 is 12.0 Å². The van der Waals surface area contributed by atoms with Crippen molar-refractivity contribution in [2.24, 2.45) is 5.92 Å². The molecule has 2 amide bonds. The molecule has 2 N–H and O–H groups in total. The summed E-state index contributed by atoms with van der Waals surface area (Å²) < 4.78 is 5.51. The molecule has 0 radical (unpaired) electrons. The summed E-state index contributed by atoms with van der Waals surface area (Å²) in [5, 5.41) is 18.2. The topological polar surface area (TPSA) is 90.3 Å². The molecule has 0 aromatic heterocycles. The average molecular weight is 286 g/mol. The van der Waals surface area contributed by atoms with Gasteiger partial charge >= 0.3 is 12.0 Å². The van der Waals surface area contributed by atoms with Gasteiger partial charge in [-0.05, 0) is 19.8 Å². The summed E-state index contributed by atoms with van der Waals surface area (Å²) in [6, 6.07) is -0.149. The highest BCUT2D eigenvalue weighted by molar-refractivity contribution is 5.77. The molecule has 2 heterocycles. The van der Waals surface area contributed by atoms with Crippen molar-refractivity contribution in [2.75, 3.05) is 32.8 Å². The minimum atomic E-state index is -0.842. The van der Waals surface area contributed by atoms with Gasteiger partial charge in [0.15, 0.2) is 0 Å². The van der Waals surface area contributed by atoms with Gasteiger partial charge in [-0.15, -0.1) is 0 Å². The van der Waals surface area contributed by atoms with E-state index < -0.39 is 11.9 Å². The Balaban J connectivity index is 1.97. The lowest BCUT2D eigenvalue weighted by Crippen LogP contribution is -2.56. The number of aliphatic hydroxyl groups is 1. The second-order valence-electron chi connectivity index (χ2n) is 5.56. The van der Waals surface area contributed by atoms with E-state index in [9.17, 15) is 14.7 Å². The lowest BCUT2D eigenvalue weighted by molar-refractivity contribution is -0.143. The van der Waals surface area contributed by atoms with E-state index in [2.05, 4.69) is 0 Å². The van der Waals surface area contributed by atoms with Crippen LogP contribution in [0.15, 0.2) is 0 Å². The lowest BCUT2D eigenvalue weighted by Gasteiger charge is -2.40. The zero-order valence-electron chi connectivity index (χ0n) is 11.7. The summed E-state index contributed by atoms with van der Waals surface area (Å²) in [5.41, 5.74) is 0. The minimum Gasteiger partial charge on any atom is -0.481 e. The summed E-state index contributed by atoms with van der Waals surface area (Å²) in [7, 11) is 0. The number of carboxylic acids is 1. The van der Waals surface area contributed by atoms with Gasteiger partial charge < -0.3 is 24.7 Å². The zero-order chi connectivity index (χ0) is 14.7. The van der Waals surface area contributed by atoms with Gasteiger partial charge in [0, 0.05) is 19.6 Å². The Morgan fingerprint density at radius 2 is 2.00 bits per heavy atom. The number of carbonyl (C=O) groups excluding carboxylic acids is 1. The number of amides is 2. The number of hydrogen-bond acceptors (Lipinski definition) is 4. The van der Waals surface area contributed by atoms with Crippen LogP contribution in [0.5, 0.6) is 0 Å². The number of morpholine rings is 1. The van der Waals surface area contributed by atoms with Crippen LogP contribution in [0.2, 0.25) is 0 Å². The van der Waals surface area contributed by atoms with Gasteiger partial charge in [0.05, 0.1) is 31.3 Å². The van der Waals surface area contributed by atoms with Crippen LogP contribution < -0.4 is 0 Å². The van der Waals surface area contributed by atoms with Gasteiger partial charge in [0.25, 0.3) is 0 Å². The van der Waals surface area contributed by atoms with Crippen LogP contribution in [0.25, 0.3) is 0 Å². The highest BCUT2D eigenvalue weighted by atomic mass is 16.5. The fourth-order valence-corrected chi connectivity index (χ4v) is 2.85. The molecule has 3 atom stereocenters. The molecule has 0 aromatic carbocycles. The van der Waals surface area contributed by atoms with Crippen LogP contribution >= 0.6 is 0 Å². The molecule has 0 aromatic rings. The quantitative estimate of drug-likeness (QED) is 0.745. The van der Waals surface area contributed by atoms with E-state index in [4.69, 9.17) is 9.84 Å². The van der Waals surface area contributed by atoms with Gasteiger partial charge in [-0.2, -0.15) is 0 Å². The van der Waals surface area contributed by atoms with Gasteiger partial charge in [-0.25, -0.2) is 4.79 Å². The first-order valence-electron chi connectivity index (χ1n) is 7.04. The Morgan fingerprint density at radius 3 is 2.65 bits per heavy atom. The van der Waals surface area contributed by atoms with Crippen molar-refractivity contribution in [2.45, 2.75) is 32.0 Å². The minimum absolute atomic E-state index is 0.119. The maximum Gasteiger partial charge on any atom is 0.320 e. The Labute approximate surface area is 118 Å². The van der Waals surface area contributed by atoms with Crippen molar-refractivity contribution in [3.05, 3.63) is 0 Å². The molecular weight excluding hydrogens is 264 g/mol. The van der Waals surface area contributed by atoms with Crippen LogP contribution in [-0.4, -0.2) is 77.0 Å². The molecule has 0 spiro atoms. The molecule has 2 aliphatic rings. The molecule has 2 saturated heterocycles. The van der Waals surface area contributed by atoms with Crippen molar-refractivity contribution in [1.29, 1.82) is 0 Å². The summed E-state index contributed by atoms with van der Waals surface area (Å²) in [6.45, 7) is 3.43. The molecule has 7 nitrogen and oxygen atoms in total. The molecule has 20 heavy (non-hydrogen) atoms. The maximum absolute atomic E-state index is 12.5. The van der Waals surface area contributed by atoms with E-state index in [-0.39, 0.29) is 31.4 Å². The summed E-state index contributed by atoms with van der Waals surface area (Å²) in [4.78, 5) is 26.8. The second-order valence-corrected chi connectivity index (χ2v) is 5.56. The van der Waals surface area contributed by atoms with Gasteiger partial charge in [-0.1, -0.05) is 0 Å². The SMILES string of the molecule is CC1CN(C(=O)N2CCCC(C(=O)O)C2)CC(CO)O1. The number of urea groups is 1. The van der Waals surface area contributed by atoms with E-state index in [0.717, 1.165) is 0 Å². The Morgan fingerprint density at radius 1 is 1.25 bits per heavy atom. The third-order valence-electron chi connectivity index (χ3n) is 3.84. The van der Waals surface area contributed by atoms with Crippen LogP contribution in [0.1, 0.15) is 19.8 Å². The Bertz CT molecular complexity index is 376. The van der Waals surface area contributed by atoms with Gasteiger partial charge in [-0.3, -0.25) is 4.79 Å². The molecule has 2 aliphatic heterocycles. The highest BCUT2D eigenvalue weighted by Gasteiger charge is 2.34. The first-order chi connectivity index (χ1) is 9.51. The normalized spacial score (nSPS) is 31.2. The van der Waals surface area contributed by atoms with Crippen molar-refractivity contribution in [3.8, 4) is 0 Å². The van der Waals surface area contributed by atoms with E-state index in [0.29, 0.717) is 32.5 Å². The van der Waals surface area contributed by atoms with Crippen molar-refractivity contribution < 1.29 is 24.5 Å². The second kappa shape index (κ2) is 6.41. The summed E-state index contributed by atoms with van der Waals surface area (Å²) >= 11 is 0. The van der Waals surface area contributed by atoms with Crippen LogP contribution in [0, 0.1) is 5.92 Å². The van der Waals surface area contributed by atoms with Crippen LogP contribution in [0.4, 0.5) is 4.79 Å². The fraction of sp³-hybridized carbons (Fsp3) is 0.846. The maximum atomic E-state index is 12.5. The number of carboxylic acid groups (broad SMARTS) is 1. The predicted octanol–water partition coefficient (Wildman–Crippen LogP) is -0.0154. The number of hydrogen-bond donors (Lipinski definition) is 2. The third kappa shape index (κ3) is 3.40. The number of ether oxygens (including phenoxy) is 1. The molecule has 0 aliphatic carbocycles. The average Bonchev–Trinajstić information content (AvgIpc) is 2.45. The Hall–Kier alpha value is -1.34. The van der Waals surface area contributed by atoms with Crippen LogP contribution in [0.3, 0.4) is 0 Å². The first-order valence-corrected chi connectivity index (χ1v) is 7.04. The molecule has 2 fully saturated rings. The molecular formula is C13H22N2O5. The standard InChI is InChI=1S/C13H22N2O5/c1-9-5-15(7-11(8-16)20-9)13(19)14-4-2-3-10(6-14)12(17)18/h9-11,16H,2-8H2,1H3,(H,17,18). The molecule has 0 bridgehead atoms. The molecule has 2 rings (SSSR count). The van der Waals surface area contributed by atoms with Crippen LogP contribution in [-0.2, 0) is 9.53 Å². The van der Waals surface area contributed by atoms with E-state index in [1.165, 1.54) is 0 Å². The highest BCUT2D eigenvalue weighted by Crippen LogP contribution is 2.20. The molecule has 0 saturated carbocycles. The van der Waals surface area contributed by atoms with E-state index in [1.54, 1.807) is 9.80 Å². The molecule has 7 heteroatoms. The predicted molar refractivity (Wildman–Crippen MR) is 70.3 cm³/mol. The first kappa shape index (κ1) is 15.1. The number of piperidine rings is 1.